The van der Waals surface area contributed by atoms with E-state index in [0.29, 0.717) is 5.95 Å². The summed E-state index contributed by atoms with van der Waals surface area (Å²) in [4.78, 5) is 10.5. The summed E-state index contributed by atoms with van der Waals surface area (Å²) in [5.74, 6) is 1.70. The molecule has 4 nitrogen and oxygen atoms in total. The molecule has 0 saturated heterocycles. The molecular weight excluding hydrogens is 514 g/mol. The molecule has 0 aliphatic heterocycles. The molecular formula is C38H27N3O. The third kappa shape index (κ3) is 3.48. The van der Waals surface area contributed by atoms with E-state index in [1.54, 1.807) is 0 Å². The van der Waals surface area contributed by atoms with Gasteiger partial charge in [0, 0.05) is 39.1 Å². The van der Waals surface area contributed by atoms with Crippen molar-refractivity contribution in [2.75, 3.05) is 0 Å². The Kier molecular flexibility index (Phi) is 5.12. The van der Waals surface area contributed by atoms with Gasteiger partial charge in [-0.15, -0.1) is 0 Å². The first kappa shape index (κ1) is 23.5. The summed E-state index contributed by atoms with van der Waals surface area (Å²) in [6.45, 7) is 0. The Bertz CT molecular complexity index is 2310. The van der Waals surface area contributed by atoms with Crippen LogP contribution in [-0.2, 0) is 6.42 Å². The van der Waals surface area contributed by atoms with E-state index in [9.17, 15) is 0 Å². The van der Waals surface area contributed by atoms with Gasteiger partial charge in [-0.05, 0) is 54.7 Å². The lowest BCUT2D eigenvalue weighted by atomic mass is 9.96. The molecule has 0 saturated carbocycles. The Morgan fingerprint density at radius 3 is 2.43 bits per heavy atom. The number of aromatic nitrogens is 3. The molecule has 0 unspecified atom stereocenters. The summed E-state index contributed by atoms with van der Waals surface area (Å²) < 4.78 is 8.85. The Morgan fingerprint density at radius 1 is 0.667 bits per heavy atom. The maximum absolute atomic E-state index is 6.64. The van der Waals surface area contributed by atoms with Crippen molar-refractivity contribution in [2.45, 2.75) is 25.7 Å². The average molecular weight is 542 g/mol. The zero-order chi connectivity index (χ0) is 27.6. The highest BCUT2D eigenvalue weighted by atomic mass is 16.3. The van der Waals surface area contributed by atoms with E-state index in [1.807, 2.05) is 6.07 Å². The van der Waals surface area contributed by atoms with Crippen molar-refractivity contribution in [3.63, 3.8) is 0 Å². The van der Waals surface area contributed by atoms with Crippen LogP contribution in [0.15, 0.2) is 114 Å². The topological polar surface area (TPSA) is 43.9 Å². The molecule has 0 spiro atoms. The van der Waals surface area contributed by atoms with E-state index in [2.05, 4.69) is 114 Å². The minimum atomic E-state index is 0.648. The minimum absolute atomic E-state index is 0.648. The maximum atomic E-state index is 6.64. The molecule has 4 heteroatoms. The summed E-state index contributed by atoms with van der Waals surface area (Å²) in [5, 5.41) is 4.48. The summed E-state index contributed by atoms with van der Waals surface area (Å²) in [6.07, 6.45) is 15.3. The largest absolute Gasteiger partial charge is 0.458 e. The first-order valence-electron chi connectivity index (χ1n) is 14.7. The number of furan rings is 1. The van der Waals surface area contributed by atoms with Crippen LogP contribution in [0.4, 0.5) is 0 Å². The predicted octanol–water partition coefficient (Wildman–Crippen LogP) is 9.83. The van der Waals surface area contributed by atoms with Crippen molar-refractivity contribution < 1.29 is 4.42 Å². The molecule has 3 heterocycles. The normalized spacial score (nSPS) is 14.7. The Labute approximate surface area is 242 Å². The van der Waals surface area contributed by atoms with Gasteiger partial charge >= 0.3 is 0 Å². The lowest BCUT2D eigenvalue weighted by molar-refractivity contribution is 0.548. The lowest BCUT2D eigenvalue weighted by Crippen LogP contribution is -2.03. The van der Waals surface area contributed by atoms with Crippen LogP contribution in [0.5, 0.6) is 0 Å². The highest BCUT2D eigenvalue weighted by molar-refractivity contribution is 6.18. The van der Waals surface area contributed by atoms with Crippen LogP contribution in [0.2, 0.25) is 0 Å². The highest BCUT2D eigenvalue weighted by Crippen LogP contribution is 2.41. The van der Waals surface area contributed by atoms with Gasteiger partial charge in [-0.25, -0.2) is 9.97 Å². The molecule has 0 bridgehead atoms. The fourth-order valence-electron chi connectivity index (χ4n) is 6.72. The molecule has 9 rings (SSSR count). The van der Waals surface area contributed by atoms with Gasteiger partial charge in [-0.3, -0.25) is 4.57 Å². The fourth-order valence-corrected chi connectivity index (χ4v) is 6.72. The number of para-hydroxylation sites is 2. The summed E-state index contributed by atoms with van der Waals surface area (Å²) in [7, 11) is 0. The number of allylic oxidation sites excluding steroid dienone is 5. The van der Waals surface area contributed by atoms with Crippen molar-refractivity contribution in [1.82, 2.24) is 14.5 Å². The lowest BCUT2D eigenvalue weighted by Gasteiger charge is -2.13. The minimum Gasteiger partial charge on any atom is -0.458 e. The first-order valence-corrected chi connectivity index (χ1v) is 14.7. The first-order chi connectivity index (χ1) is 20.8. The van der Waals surface area contributed by atoms with E-state index < -0.39 is 0 Å². The van der Waals surface area contributed by atoms with Gasteiger partial charge in [-0.2, -0.15) is 0 Å². The van der Waals surface area contributed by atoms with Crippen LogP contribution in [0.3, 0.4) is 0 Å². The van der Waals surface area contributed by atoms with Crippen molar-refractivity contribution in [2.24, 2.45) is 0 Å². The molecule has 4 aromatic carbocycles. The van der Waals surface area contributed by atoms with Crippen molar-refractivity contribution in [1.29, 1.82) is 0 Å². The van der Waals surface area contributed by atoms with Crippen LogP contribution in [0, 0.1) is 0 Å². The van der Waals surface area contributed by atoms with Gasteiger partial charge < -0.3 is 4.42 Å². The van der Waals surface area contributed by atoms with Crippen LogP contribution in [-0.4, -0.2) is 14.5 Å². The molecule has 0 radical (unpaired) electrons. The molecule has 42 heavy (non-hydrogen) atoms. The van der Waals surface area contributed by atoms with Crippen molar-refractivity contribution in [3.8, 4) is 17.2 Å². The van der Waals surface area contributed by atoms with Gasteiger partial charge in [0.2, 0.25) is 5.95 Å². The van der Waals surface area contributed by atoms with Crippen LogP contribution in [0.1, 0.15) is 36.1 Å². The predicted molar refractivity (Wildman–Crippen MR) is 173 cm³/mol. The summed E-state index contributed by atoms with van der Waals surface area (Å²) in [6, 6.07) is 30.0. The van der Waals surface area contributed by atoms with E-state index in [-0.39, 0.29) is 0 Å². The van der Waals surface area contributed by atoms with E-state index >= 15 is 0 Å². The molecule has 200 valence electrons. The van der Waals surface area contributed by atoms with Crippen LogP contribution in [0.25, 0.3) is 72.5 Å². The zero-order valence-corrected chi connectivity index (χ0v) is 23.0. The van der Waals surface area contributed by atoms with E-state index in [1.165, 1.54) is 16.7 Å². The fraction of sp³-hybridized carbons (Fsp3) is 0.105. The van der Waals surface area contributed by atoms with Crippen LogP contribution < -0.4 is 0 Å². The number of benzene rings is 4. The Balaban J connectivity index is 1.36. The zero-order valence-electron chi connectivity index (χ0n) is 23.0. The second-order valence-corrected chi connectivity index (χ2v) is 11.2. The van der Waals surface area contributed by atoms with Crippen molar-refractivity contribution in [3.05, 3.63) is 126 Å². The summed E-state index contributed by atoms with van der Waals surface area (Å²) >= 11 is 0. The molecule has 0 amide bonds. The monoisotopic (exact) mass is 541 g/mol. The second-order valence-electron chi connectivity index (χ2n) is 11.2. The molecule has 0 atom stereocenters. The number of hydrogen-bond donors (Lipinski definition) is 0. The third-order valence-corrected chi connectivity index (χ3v) is 8.68. The van der Waals surface area contributed by atoms with Crippen LogP contribution >= 0.6 is 0 Å². The number of hydrogen-bond acceptors (Lipinski definition) is 3. The molecule has 0 fully saturated rings. The Hall–Kier alpha value is -5.22. The number of rotatable bonds is 3. The Morgan fingerprint density at radius 2 is 1.50 bits per heavy atom. The number of nitrogens with zero attached hydrogens (tertiary/aromatic N) is 3. The number of fused-ring (bicyclic) bond motifs is 8. The van der Waals surface area contributed by atoms with E-state index in [4.69, 9.17) is 14.4 Å². The molecule has 7 aromatic rings. The standard InChI is InChI=1S/C38H27N3O/c1-2-11-24(12-3-1)25-13-10-14-26(23-25)35-31-17-4-7-18-32(31)39-38(40-35)41-33-19-8-5-15-27(33)29-21-22-30-28-16-6-9-20-34(28)42-37(30)36(29)41/h2,4-8,10-19,21-23H,1,3,9,20H2. The molecule has 3 aromatic heterocycles. The smallest absolute Gasteiger partial charge is 0.235 e. The molecule has 2 aliphatic carbocycles. The van der Waals surface area contributed by atoms with Gasteiger partial charge in [0.05, 0.1) is 16.7 Å². The average Bonchev–Trinajstić information content (AvgIpc) is 3.61. The maximum Gasteiger partial charge on any atom is 0.235 e. The number of aryl methyl sites for hydroxylation is 1. The van der Waals surface area contributed by atoms with Gasteiger partial charge in [-0.1, -0.05) is 91.0 Å². The van der Waals surface area contributed by atoms with Crippen molar-refractivity contribution >= 4 is 55.3 Å². The SMILES string of the molecule is C1=CC(c2cccc(-c3nc(-n4c5ccccc5c5ccc6c7c(oc6c54)CCC=C7)nc4ccccc34)c2)=CCC1. The quantitative estimate of drug-likeness (QED) is 0.224. The van der Waals surface area contributed by atoms with Gasteiger partial charge in [0.1, 0.15) is 11.3 Å². The second kappa shape index (κ2) is 9.15. The molecule has 2 aliphatic rings. The van der Waals surface area contributed by atoms with E-state index in [0.717, 1.165) is 86.4 Å². The third-order valence-electron chi connectivity index (χ3n) is 8.68. The molecule has 0 N–H and O–H groups in total. The van der Waals surface area contributed by atoms with Gasteiger partial charge in [0.25, 0.3) is 0 Å². The highest BCUT2D eigenvalue weighted by Gasteiger charge is 2.23. The van der Waals surface area contributed by atoms with Gasteiger partial charge in [0.15, 0.2) is 5.58 Å². The summed E-state index contributed by atoms with van der Waals surface area (Å²) in [5.41, 5.74) is 9.58.